The van der Waals surface area contributed by atoms with E-state index in [0.29, 0.717) is 30.5 Å². The van der Waals surface area contributed by atoms with Gasteiger partial charge in [0.05, 0.1) is 11.2 Å². The molecule has 1 heterocycles. The molecule has 146 valence electrons. The van der Waals surface area contributed by atoms with E-state index in [1.54, 1.807) is 12.3 Å². The van der Waals surface area contributed by atoms with Gasteiger partial charge in [0, 0.05) is 25.1 Å². The van der Waals surface area contributed by atoms with Crippen LogP contribution in [0.4, 0.5) is 5.69 Å². The maximum atomic E-state index is 12.6. The van der Waals surface area contributed by atoms with Crippen molar-refractivity contribution in [2.75, 3.05) is 11.9 Å². The molecule has 27 heavy (non-hydrogen) atoms. The molecule has 0 aliphatic heterocycles. The van der Waals surface area contributed by atoms with Gasteiger partial charge in [-0.3, -0.25) is 14.6 Å². The van der Waals surface area contributed by atoms with E-state index in [-0.39, 0.29) is 18.4 Å². The highest BCUT2D eigenvalue weighted by Crippen LogP contribution is 2.21. The molecule has 1 unspecified atom stereocenters. The van der Waals surface area contributed by atoms with Gasteiger partial charge >= 0.3 is 0 Å². The Hall–Kier alpha value is -2.56. The van der Waals surface area contributed by atoms with Crippen molar-refractivity contribution in [3.8, 4) is 0 Å². The molecule has 1 aromatic carbocycles. The van der Waals surface area contributed by atoms with Crippen molar-refractivity contribution in [1.29, 1.82) is 0 Å². The average molecular weight is 393 g/mol. The number of benzene rings is 1. The third kappa shape index (κ3) is 6.93. The van der Waals surface area contributed by atoms with Crippen LogP contribution in [0.1, 0.15) is 26.2 Å². The number of fused-ring (bicyclic) bond motifs is 1. The molecule has 0 radical (unpaired) electrons. The molecular formula is C17H23N5O4S. The van der Waals surface area contributed by atoms with E-state index < -0.39 is 16.3 Å². The topological polar surface area (TPSA) is 143 Å². The van der Waals surface area contributed by atoms with Crippen LogP contribution in [0.3, 0.4) is 0 Å². The van der Waals surface area contributed by atoms with E-state index in [4.69, 9.17) is 5.14 Å². The lowest BCUT2D eigenvalue weighted by Crippen LogP contribution is -2.43. The van der Waals surface area contributed by atoms with E-state index in [1.165, 1.54) is 6.92 Å². The fourth-order valence-electron chi connectivity index (χ4n) is 2.63. The Labute approximate surface area is 157 Å². The number of anilines is 1. The van der Waals surface area contributed by atoms with E-state index in [1.807, 2.05) is 24.3 Å². The van der Waals surface area contributed by atoms with Gasteiger partial charge in [-0.05, 0) is 31.4 Å². The SMILES string of the molecule is CC(=O)NC(CCCCNS(N)(=O)=O)C(=O)Nc1cccc2cccnc12. The predicted octanol–water partition coefficient (Wildman–Crippen LogP) is 0.641. The van der Waals surface area contributed by atoms with Crippen molar-refractivity contribution in [1.82, 2.24) is 15.0 Å². The standard InChI is InChI=1S/C17H23N5O4S/c1-12(23)21-15(8-2-3-11-20-27(18,25)26)17(24)22-14-9-4-6-13-7-5-10-19-16(13)14/h4-7,9-10,15,20H,2-3,8,11H2,1H3,(H,21,23)(H,22,24)(H2,18,25,26). The molecule has 0 aliphatic carbocycles. The number of aromatic nitrogens is 1. The number of nitrogens with one attached hydrogen (secondary N) is 3. The molecule has 0 bridgehead atoms. The molecule has 1 atom stereocenters. The second kappa shape index (κ2) is 9.40. The van der Waals surface area contributed by atoms with Crippen LogP contribution in [0.5, 0.6) is 0 Å². The van der Waals surface area contributed by atoms with Gasteiger partial charge in [-0.15, -0.1) is 0 Å². The Balaban J connectivity index is 2.00. The fraction of sp³-hybridized carbons (Fsp3) is 0.353. The summed E-state index contributed by atoms with van der Waals surface area (Å²) in [6, 6.07) is 8.41. The molecule has 0 aliphatic rings. The summed E-state index contributed by atoms with van der Waals surface area (Å²) in [7, 11) is -3.73. The van der Waals surface area contributed by atoms with Crippen molar-refractivity contribution in [2.24, 2.45) is 5.14 Å². The van der Waals surface area contributed by atoms with E-state index in [2.05, 4.69) is 20.3 Å². The van der Waals surface area contributed by atoms with Gasteiger partial charge in [-0.25, -0.2) is 9.86 Å². The third-order valence-electron chi connectivity index (χ3n) is 3.81. The van der Waals surface area contributed by atoms with Gasteiger partial charge in [0.1, 0.15) is 6.04 Å². The average Bonchev–Trinajstić information content (AvgIpc) is 2.59. The van der Waals surface area contributed by atoms with Gasteiger partial charge in [0.25, 0.3) is 10.2 Å². The van der Waals surface area contributed by atoms with Crippen LogP contribution in [0.2, 0.25) is 0 Å². The summed E-state index contributed by atoms with van der Waals surface area (Å²) in [5.74, 6) is -0.684. The molecule has 1 aromatic heterocycles. The summed E-state index contributed by atoms with van der Waals surface area (Å²) < 4.78 is 23.8. The van der Waals surface area contributed by atoms with Crippen molar-refractivity contribution < 1.29 is 18.0 Å². The van der Waals surface area contributed by atoms with Gasteiger partial charge in [-0.1, -0.05) is 18.2 Å². The maximum absolute atomic E-state index is 12.6. The molecule has 9 nitrogen and oxygen atoms in total. The molecule has 0 saturated carbocycles. The third-order valence-corrected chi connectivity index (χ3v) is 4.41. The summed E-state index contributed by atoms with van der Waals surface area (Å²) in [5, 5.41) is 11.2. The van der Waals surface area contributed by atoms with Crippen molar-refractivity contribution in [3.05, 3.63) is 36.5 Å². The van der Waals surface area contributed by atoms with Crippen LogP contribution >= 0.6 is 0 Å². The number of carbonyl (C=O) groups is 2. The van der Waals surface area contributed by atoms with Crippen LogP contribution < -0.4 is 20.5 Å². The highest BCUT2D eigenvalue weighted by Gasteiger charge is 2.20. The Bertz CT molecular complexity index is 911. The molecule has 0 spiro atoms. The predicted molar refractivity (Wildman–Crippen MR) is 103 cm³/mol. The summed E-state index contributed by atoms with van der Waals surface area (Å²) in [4.78, 5) is 28.3. The Morgan fingerprint density at radius 1 is 1.19 bits per heavy atom. The number of nitrogens with zero attached hydrogens (tertiary/aromatic N) is 1. The highest BCUT2D eigenvalue weighted by atomic mass is 32.2. The molecule has 5 N–H and O–H groups in total. The van der Waals surface area contributed by atoms with Crippen LogP contribution in [0.15, 0.2) is 36.5 Å². The molecule has 2 rings (SSSR count). The molecule has 0 fully saturated rings. The number of hydrogen-bond acceptors (Lipinski definition) is 5. The number of hydrogen-bond donors (Lipinski definition) is 4. The maximum Gasteiger partial charge on any atom is 0.274 e. The van der Waals surface area contributed by atoms with Crippen molar-refractivity contribution in [2.45, 2.75) is 32.2 Å². The lowest BCUT2D eigenvalue weighted by molar-refractivity contribution is -0.125. The fourth-order valence-corrected chi connectivity index (χ4v) is 3.06. The number of nitrogens with two attached hydrogens (primary N) is 1. The molecule has 2 aromatic rings. The van der Waals surface area contributed by atoms with Crippen LogP contribution in [0, 0.1) is 0 Å². The van der Waals surface area contributed by atoms with Gasteiger partial charge in [-0.2, -0.15) is 8.42 Å². The minimum atomic E-state index is -3.73. The second-order valence-electron chi connectivity index (χ2n) is 6.06. The first-order chi connectivity index (χ1) is 12.8. The summed E-state index contributed by atoms with van der Waals surface area (Å²) >= 11 is 0. The summed E-state index contributed by atoms with van der Waals surface area (Å²) in [5.41, 5.74) is 1.22. The Morgan fingerprint density at radius 2 is 1.93 bits per heavy atom. The summed E-state index contributed by atoms with van der Waals surface area (Å²) in [6.07, 6.45) is 3.00. The normalized spacial score (nSPS) is 12.5. The molecule has 2 amide bonds. The minimum absolute atomic E-state index is 0.167. The van der Waals surface area contributed by atoms with E-state index in [0.717, 1.165) is 5.39 Å². The first-order valence-corrected chi connectivity index (χ1v) is 10.00. The van der Waals surface area contributed by atoms with Crippen molar-refractivity contribution in [3.63, 3.8) is 0 Å². The number of carbonyl (C=O) groups excluding carboxylic acids is 2. The number of pyridine rings is 1. The quantitative estimate of drug-likeness (QED) is 0.462. The van der Waals surface area contributed by atoms with Crippen LogP contribution in [-0.4, -0.2) is 37.8 Å². The Kier molecular flexibility index (Phi) is 7.22. The molecular weight excluding hydrogens is 370 g/mol. The van der Waals surface area contributed by atoms with E-state index in [9.17, 15) is 18.0 Å². The zero-order valence-corrected chi connectivity index (χ0v) is 15.8. The first kappa shape index (κ1) is 20.7. The zero-order valence-electron chi connectivity index (χ0n) is 14.9. The van der Waals surface area contributed by atoms with Crippen LogP contribution in [0.25, 0.3) is 10.9 Å². The van der Waals surface area contributed by atoms with Gasteiger partial charge < -0.3 is 10.6 Å². The van der Waals surface area contributed by atoms with E-state index >= 15 is 0 Å². The largest absolute Gasteiger partial charge is 0.345 e. The van der Waals surface area contributed by atoms with Crippen LogP contribution in [-0.2, 0) is 19.8 Å². The van der Waals surface area contributed by atoms with Crippen molar-refractivity contribution >= 4 is 38.6 Å². The lowest BCUT2D eigenvalue weighted by Gasteiger charge is -2.18. The van der Waals surface area contributed by atoms with Gasteiger partial charge in [0.15, 0.2) is 0 Å². The number of amides is 2. The number of rotatable bonds is 9. The lowest BCUT2D eigenvalue weighted by atomic mass is 10.1. The second-order valence-corrected chi connectivity index (χ2v) is 7.44. The highest BCUT2D eigenvalue weighted by molar-refractivity contribution is 7.87. The molecule has 0 saturated heterocycles. The smallest absolute Gasteiger partial charge is 0.274 e. The first-order valence-electron chi connectivity index (χ1n) is 8.45. The monoisotopic (exact) mass is 393 g/mol. The number of para-hydroxylation sites is 1. The minimum Gasteiger partial charge on any atom is -0.345 e. The number of unbranched alkanes of at least 4 members (excludes halogenated alkanes) is 1. The summed E-state index contributed by atoms with van der Waals surface area (Å²) in [6.45, 7) is 1.50. The Morgan fingerprint density at radius 3 is 2.63 bits per heavy atom. The molecule has 10 heteroatoms. The van der Waals surface area contributed by atoms with Gasteiger partial charge in [0.2, 0.25) is 11.8 Å². The zero-order chi connectivity index (χ0) is 19.9.